The van der Waals surface area contributed by atoms with Crippen LogP contribution in [0.1, 0.15) is 40.6 Å². The molecule has 6 nitrogen and oxygen atoms in total. The summed E-state index contributed by atoms with van der Waals surface area (Å²) in [5.41, 5.74) is 2.58. The van der Waals surface area contributed by atoms with Crippen LogP contribution in [0, 0.1) is 12.7 Å². The number of hydrogen-bond acceptors (Lipinski definition) is 4. The molecule has 1 saturated heterocycles. The highest BCUT2D eigenvalue weighted by Gasteiger charge is 2.25. The van der Waals surface area contributed by atoms with Gasteiger partial charge >= 0.3 is 0 Å². The Labute approximate surface area is 179 Å². The van der Waals surface area contributed by atoms with Crippen LogP contribution in [0.5, 0.6) is 0 Å². The van der Waals surface area contributed by atoms with Crippen LogP contribution in [0.4, 0.5) is 4.39 Å². The molecule has 1 fully saturated rings. The summed E-state index contributed by atoms with van der Waals surface area (Å²) in [5, 5.41) is 11.8. The van der Waals surface area contributed by atoms with Crippen LogP contribution in [-0.4, -0.2) is 45.4 Å². The average Bonchev–Trinajstić information content (AvgIpc) is 3.39. The summed E-state index contributed by atoms with van der Waals surface area (Å²) < 4.78 is 14.7. The van der Waals surface area contributed by atoms with Crippen molar-refractivity contribution in [2.45, 2.75) is 25.8 Å². The first-order valence-corrected chi connectivity index (χ1v) is 10.4. The zero-order chi connectivity index (χ0) is 21.1. The zero-order valence-electron chi connectivity index (χ0n) is 16.7. The van der Waals surface area contributed by atoms with Crippen molar-refractivity contribution in [2.75, 3.05) is 19.6 Å². The Morgan fingerprint density at radius 3 is 2.63 bits per heavy atom. The predicted molar refractivity (Wildman–Crippen MR) is 113 cm³/mol. The fourth-order valence-electron chi connectivity index (χ4n) is 3.86. The van der Waals surface area contributed by atoms with E-state index in [2.05, 4.69) is 20.5 Å². The van der Waals surface area contributed by atoms with E-state index in [-0.39, 0.29) is 23.5 Å². The number of benzene rings is 2. The van der Waals surface area contributed by atoms with Gasteiger partial charge in [0.2, 0.25) is 0 Å². The van der Waals surface area contributed by atoms with Gasteiger partial charge in [0.1, 0.15) is 5.82 Å². The van der Waals surface area contributed by atoms with Gasteiger partial charge in [-0.3, -0.25) is 9.69 Å². The Hall–Kier alpha value is -2.77. The van der Waals surface area contributed by atoms with E-state index in [1.54, 1.807) is 19.1 Å². The van der Waals surface area contributed by atoms with Gasteiger partial charge in [-0.1, -0.05) is 28.9 Å². The first-order valence-electron chi connectivity index (χ1n) is 9.99. The summed E-state index contributed by atoms with van der Waals surface area (Å²) >= 11 is 6.20. The highest BCUT2D eigenvalue weighted by molar-refractivity contribution is 6.30. The fourth-order valence-corrected chi connectivity index (χ4v) is 4.06. The molecule has 0 spiro atoms. The number of likely N-dealkylation sites (tertiary alicyclic amines) is 1. The Kier molecular flexibility index (Phi) is 6.11. The van der Waals surface area contributed by atoms with Crippen LogP contribution in [0.25, 0.3) is 5.69 Å². The molecule has 4 rings (SSSR count). The minimum Gasteiger partial charge on any atom is -0.349 e. The largest absolute Gasteiger partial charge is 0.349 e. The second kappa shape index (κ2) is 8.93. The second-order valence-corrected chi connectivity index (χ2v) is 7.87. The lowest BCUT2D eigenvalue weighted by atomic mass is 10.1. The Bertz CT molecular complexity index is 1030. The van der Waals surface area contributed by atoms with Crippen molar-refractivity contribution in [3.8, 4) is 5.69 Å². The SMILES string of the molecule is Cc1c(C(=O)NCC(c2cccc(Cl)c2)N2CCCC2)nnn1-c1ccc(F)cc1. The van der Waals surface area contributed by atoms with Crippen molar-refractivity contribution in [1.29, 1.82) is 0 Å². The summed E-state index contributed by atoms with van der Waals surface area (Å²) in [6, 6.07) is 13.7. The lowest BCUT2D eigenvalue weighted by Gasteiger charge is -2.28. The fraction of sp³-hybridized carbons (Fsp3) is 0.318. The number of carbonyl (C=O) groups is 1. The third-order valence-corrected chi connectivity index (χ3v) is 5.69. The molecular weight excluding hydrogens is 405 g/mol. The first kappa shape index (κ1) is 20.5. The molecule has 1 aliphatic heterocycles. The van der Waals surface area contributed by atoms with Crippen molar-refractivity contribution in [3.63, 3.8) is 0 Å². The third kappa shape index (κ3) is 4.37. The summed E-state index contributed by atoms with van der Waals surface area (Å²) in [5.74, 6) is -0.615. The molecule has 1 unspecified atom stereocenters. The number of halogens is 2. The van der Waals surface area contributed by atoms with Crippen molar-refractivity contribution < 1.29 is 9.18 Å². The van der Waals surface area contributed by atoms with E-state index < -0.39 is 0 Å². The van der Waals surface area contributed by atoms with Crippen molar-refractivity contribution in [3.05, 3.63) is 76.3 Å². The molecule has 1 atom stereocenters. The van der Waals surface area contributed by atoms with E-state index in [9.17, 15) is 9.18 Å². The highest BCUT2D eigenvalue weighted by Crippen LogP contribution is 2.26. The van der Waals surface area contributed by atoms with Crippen LogP contribution < -0.4 is 5.32 Å². The summed E-state index contributed by atoms with van der Waals surface area (Å²) in [6.45, 7) is 4.20. The molecule has 0 radical (unpaired) electrons. The van der Waals surface area contributed by atoms with Crippen LogP contribution in [0.2, 0.25) is 5.02 Å². The molecule has 8 heteroatoms. The van der Waals surface area contributed by atoms with Gasteiger partial charge in [-0.2, -0.15) is 0 Å². The Morgan fingerprint density at radius 2 is 1.93 bits per heavy atom. The average molecular weight is 428 g/mol. The molecule has 1 N–H and O–H groups in total. The van der Waals surface area contributed by atoms with Gasteiger partial charge in [0, 0.05) is 11.6 Å². The van der Waals surface area contributed by atoms with E-state index in [0.717, 1.165) is 31.5 Å². The third-order valence-electron chi connectivity index (χ3n) is 5.45. The minimum absolute atomic E-state index is 0.0441. The smallest absolute Gasteiger partial charge is 0.273 e. The second-order valence-electron chi connectivity index (χ2n) is 7.44. The molecule has 2 aromatic carbocycles. The molecule has 0 bridgehead atoms. The summed E-state index contributed by atoms with van der Waals surface area (Å²) in [4.78, 5) is 15.2. The van der Waals surface area contributed by atoms with Crippen LogP contribution in [0.3, 0.4) is 0 Å². The molecule has 1 aromatic heterocycles. The van der Waals surface area contributed by atoms with Gasteiger partial charge in [0.15, 0.2) is 5.69 Å². The number of carbonyl (C=O) groups excluding carboxylic acids is 1. The van der Waals surface area contributed by atoms with E-state index in [1.807, 2.05) is 24.3 Å². The molecule has 2 heterocycles. The van der Waals surface area contributed by atoms with Gasteiger partial charge in [-0.05, 0) is 74.8 Å². The monoisotopic (exact) mass is 427 g/mol. The van der Waals surface area contributed by atoms with Gasteiger partial charge < -0.3 is 5.32 Å². The maximum absolute atomic E-state index is 13.2. The molecule has 30 heavy (non-hydrogen) atoms. The molecular formula is C22H23ClFN5O. The van der Waals surface area contributed by atoms with Crippen LogP contribution in [0.15, 0.2) is 48.5 Å². The quantitative estimate of drug-likeness (QED) is 0.647. The maximum Gasteiger partial charge on any atom is 0.273 e. The van der Waals surface area contributed by atoms with Gasteiger partial charge in [0.05, 0.1) is 17.4 Å². The predicted octanol–water partition coefficient (Wildman–Crippen LogP) is 3.94. The maximum atomic E-state index is 13.2. The number of hydrogen-bond donors (Lipinski definition) is 1. The van der Waals surface area contributed by atoms with E-state index in [4.69, 9.17) is 11.6 Å². The van der Waals surface area contributed by atoms with Crippen LogP contribution >= 0.6 is 11.6 Å². The number of nitrogens with one attached hydrogen (secondary N) is 1. The van der Waals surface area contributed by atoms with Gasteiger partial charge in [0.25, 0.3) is 5.91 Å². The lowest BCUT2D eigenvalue weighted by molar-refractivity contribution is 0.0932. The number of aromatic nitrogens is 3. The zero-order valence-corrected chi connectivity index (χ0v) is 17.4. The normalized spacial score (nSPS) is 15.3. The first-order chi connectivity index (χ1) is 14.5. The van der Waals surface area contributed by atoms with Gasteiger partial charge in [-0.25, -0.2) is 9.07 Å². The number of nitrogens with zero attached hydrogens (tertiary/aromatic N) is 4. The van der Waals surface area contributed by atoms with Crippen molar-refractivity contribution >= 4 is 17.5 Å². The minimum atomic E-state index is -0.330. The van der Waals surface area contributed by atoms with E-state index >= 15 is 0 Å². The number of rotatable bonds is 6. The van der Waals surface area contributed by atoms with Crippen LogP contribution in [-0.2, 0) is 0 Å². The molecule has 1 amide bonds. The summed E-state index contributed by atoms with van der Waals surface area (Å²) in [6.07, 6.45) is 2.30. The Balaban J connectivity index is 1.50. The molecule has 3 aromatic rings. The lowest BCUT2D eigenvalue weighted by Crippen LogP contribution is -2.37. The standard InChI is InChI=1S/C22H23ClFN5O/c1-15-21(26-27-29(15)19-9-7-18(24)8-10-19)22(30)25-14-20(28-11-2-3-12-28)16-5-4-6-17(23)13-16/h4-10,13,20H,2-3,11-12,14H2,1H3,(H,25,30). The highest BCUT2D eigenvalue weighted by atomic mass is 35.5. The molecule has 156 valence electrons. The number of amides is 1. The topological polar surface area (TPSA) is 63.1 Å². The van der Waals surface area contributed by atoms with Crippen molar-refractivity contribution in [2.24, 2.45) is 0 Å². The molecule has 1 aliphatic rings. The van der Waals surface area contributed by atoms with Gasteiger partial charge in [-0.15, -0.1) is 5.10 Å². The van der Waals surface area contributed by atoms with Crippen molar-refractivity contribution in [1.82, 2.24) is 25.2 Å². The Morgan fingerprint density at radius 1 is 1.20 bits per heavy atom. The molecule has 0 aliphatic carbocycles. The van der Waals surface area contributed by atoms with E-state index in [0.29, 0.717) is 22.9 Å². The molecule has 0 saturated carbocycles. The van der Waals surface area contributed by atoms with E-state index in [1.165, 1.54) is 16.8 Å². The summed E-state index contributed by atoms with van der Waals surface area (Å²) in [7, 11) is 0.